The molecule has 2 nitrogen and oxygen atoms in total. The zero-order chi connectivity index (χ0) is 8.97. The second kappa shape index (κ2) is 4.00. The lowest BCUT2D eigenvalue weighted by molar-refractivity contribution is -0.116. The van der Waals surface area contributed by atoms with Gasteiger partial charge in [-0.2, -0.15) is 0 Å². The Kier molecular flexibility index (Phi) is 2.97. The summed E-state index contributed by atoms with van der Waals surface area (Å²) in [5.41, 5.74) is 2.28. The summed E-state index contributed by atoms with van der Waals surface area (Å²) in [5.74, 6) is 0.192. The van der Waals surface area contributed by atoms with Crippen molar-refractivity contribution in [3.05, 3.63) is 29.6 Å². The van der Waals surface area contributed by atoms with Crippen molar-refractivity contribution >= 4 is 5.78 Å². The summed E-state index contributed by atoms with van der Waals surface area (Å²) in [6, 6.07) is 1.97. The van der Waals surface area contributed by atoms with Crippen LogP contribution in [0.15, 0.2) is 18.5 Å². The van der Waals surface area contributed by atoms with Crippen LogP contribution in [0.5, 0.6) is 0 Å². The molecule has 0 aromatic carbocycles. The lowest BCUT2D eigenvalue weighted by Gasteiger charge is -2.03. The summed E-state index contributed by atoms with van der Waals surface area (Å²) < 4.78 is 0. The van der Waals surface area contributed by atoms with E-state index in [0.29, 0.717) is 6.42 Å². The second-order valence-electron chi connectivity index (χ2n) is 2.88. The topological polar surface area (TPSA) is 30.0 Å². The Morgan fingerprint density at radius 1 is 1.50 bits per heavy atom. The van der Waals surface area contributed by atoms with Gasteiger partial charge in [0.25, 0.3) is 0 Å². The van der Waals surface area contributed by atoms with Gasteiger partial charge in [0.1, 0.15) is 5.78 Å². The number of Topliss-reactive ketones (excluding diaryl/α,β-unsaturated/α-hetero) is 1. The monoisotopic (exact) mass is 163 g/mol. The molecule has 2 heteroatoms. The van der Waals surface area contributed by atoms with Gasteiger partial charge in [-0.3, -0.25) is 9.78 Å². The predicted octanol–water partition coefficient (Wildman–Crippen LogP) is 1.78. The third kappa shape index (κ3) is 2.16. The zero-order valence-electron chi connectivity index (χ0n) is 7.50. The molecule has 0 saturated carbocycles. The summed E-state index contributed by atoms with van der Waals surface area (Å²) in [6.45, 7) is 3.69. The van der Waals surface area contributed by atoms with Crippen LogP contribution in [-0.4, -0.2) is 10.8 Å². The van der Waals surface area contributed by atoms with E-state index in [1.54, 1.807) is 19.3 Å². The van der Waals surface area contributed by atoms with Gasteiger partial charge in [-0.1, -0.05) is 6.92 Å². The van der Waals surface area contributed by atoms with E-state index in [0.717, 1.165) is 12.0 Å². The highest BCUT2D eigenvalue weighted by atomic mass is 16.1. The van der Waals surface area contributed by atoms with Crippen molar-refractivity contribution in [1.29, 1.82) is 0 Å². The molecule has 0 aliphatic carbocycles. The van der Waals surface area contributed by atoms with Crippen molar-refractivity contribution < 1.29 is 4.79 Å². The van der Waals surface area contributed by atoms with E-state index in [4.69, 9.17) is 0 Å². The third-order valence-electron chi connectivity index (χ3n) is 1.82. The Bertz CT molecular complexity index is 281. The molecule has 0 unspecified atom stereocenters. The predicted molar refractivity (Wildman–Crippen MR) is 48.0 cm³/mol. The third-order valence-corrected chi connectivity index (χ3v) is 1.82. The highest BCUT2D eigenvalue weighted by Crippen LogP contribution is 2.08. The lowest BCUT2D eigenvalue weighted by Crippen LogP contribution is -2.00. The smallest absolute Gasteiger partial charge is 0.134 e. The first-order valence-corrected chi connectivity index (χ1v) is 4.15. The maximum atomic E-state index is 10.9. The number of hydrogen-bond acceptors (Lipinski definition) is 2. The number of hydrogen-bond donors (Lipinski definition) is 0. The van der Waals surface area contributed by atoms with Crippen LogP contribution < -0.4 is 0 Å². The van der Waals surface area contributed by atoms with Gasteiger partial charge < -0.3 is 0 Å². The van der Waals surface area contributed by atoms with Crippen LogP contribution in [0.4, 0.5) is 0 Å². The van der Waals surface area contributed by atoms with Gasteiger partial charge in [0.2, 0.25) is 0 Å². The largest absolute Gasteiger partial charge is 0.300 e. The van der Waals surface area contributed by atoms with Crippen LogP contribution in [0.25, 0.3) is 0 Å². The van der Waals surface area contributed by atoms with Crippen molar-refractivity contribution in [1.82, 2.24) is 4.98 Å². The summed E-state index contributed by atoms with van der Waals surface area (Å²) in [6.07, 6.45) is 5.02. The average molecular weight is 163 g/mol. The number of rotatable bonds is 3. The van der Waals surface area contributed by atoms with Crippen molar-refractivity contribution in [2.24, 2.45) is 0 Å². The average Bonchev–Trinajstić information content (AvgIpc) is 2.04. The number of ketones is 1. The Morgan fingerprint density at radius 3 is 2.83 bits per heavy atom. The molecule has 0 saturated heterocycles. The van der Waals surface area contributed by atoms with Gasteiger partial charge in [0, 0.05) is 18.8 Å². The molecular formula is C10H13NO. The van der Waals surface area contributed by atoms with Crippen molar-refractivity contribution in [3.8, 4) is 0 Å². The molecule has 0 atom stereocenters. The molecule has 1 rings (SSSR count). The molecule has 0 amide bonds. The molecule has 0 fully saturated rings. The summed E-state index contributed by atoms with van der Waals surface area (Å²) >= 11 is 0. The van der Waals surface area contributed by atoms with Crippen molar-refractivity contribution in [2.75, 3.05) is 0 Å². The summed E-state index contributed by atoms with van der Waals surface area (Å²) in [4.78, 5) is 14.8. The fraction of sp³-hybridized carbons (Fsp3) is 0.400. The van der Waals surface area contributed by atoms with E-state index in [2.05, 4.69) is 11.9 Å². The van der Waals surface area contributed by atoms with Gasteiger partial charge in [-0.05, 0) is 30.5 Å². The fourth-order valence-electron chi connectivity index (χ4n) is 1.23. The zero-order valence-corrected chi connectivity index (χ0v) is 7.50. The van der Waals surface area contributed by atoms with Gasteiger partial charge in [0.05, 0.1) is 0 Å². The Hall–Kier alpha value is -1.18. The van der Waals surface area contributed by atoms with E-state index >= 15 is 0 Å². The Labute approximate surface area is 72.6 Å². The number of aryl methyl sites for hydroxylation is 1. The molecule has 0 radical (unpaired) electrons. The first kappa shape index (κ1) is 8.91. The van der Waals surface area contributed by atoms with Crippen LogP contribution in [-0.2, 0) is 17.6 Å². The second-order valence-corrected chi connectivity index (χ2v) is 2.88. The van der Waals surface area contributed by atoms with Gasteiger partial charge in [-0.15, -0.1) is 0 Å². The molecule has 1 aromatic heterocycles. The van der Waals surface area contributed by atoms with E-state index in [1.807, 2.05) is 6.07 Å². The number of pyridine rings is 1. The minimum absolute atomic E-state index is 0.192. The molecule has 64 valence electrons. The summed E-state index contributed by atoms with van der Waals surface area (Å²) in [5, 5.41) is 0. The maximum Gasteiger partial charge on any atom is 0.134 e. The van der Waals surface area contributed by atoms with Crippen molar-refractivity contribution in [2.45, 2.75) is 26.7 Å². The SMILES string of the molecule is CCc1ccncc1CC(C)=O. The molecule has 1 heterocycles. The van der Waals surface area contributed by atoms with Crippen molar-refractivity contribution in [3.63, 3.8) is 0 Å². The minimum atomic E-state index is 0.192. The first-order chi connectivity index (χ1) is 5.74. The first-order valence-electron chi connectivity index (χ1n) is 4.15. The molecule has 0 aliphatic rings. The van der Waals surface area contributed by atoms with Gasteiger partial charge in [-0.25, -0.2) is 0 Å². The van der Waals surface area contributed by atoms with Crippen LogP contribution in [0, 0.1) is 0 Å². The molecule has 1 aromatic rings. The molecular weight excluding hydrogens is 150 g/mol. The quantitative estimate of drug-likeness (QED) is 0.679. The molecule has 0 N–H and O–H groups in total. The Balaban J connectivity index is 2.89. The van der Waals surface area contributed by atoms with E-state index in [-0.39, 0.29) is 5.78 Å². The number of carbonyl (C=O) groups is 1. The van der Waals surface area contributed by atoms with Gasteiger partial charge in [0.15, 0.2) is 0 Å². The molecule has 0 spiro atoms. The van der Waals surface area contributed by atoms with Gasteiger partial charge >= 0.3 is 0 Å². The van der Waals surface area contributed by atoms with E-state index < -0.39 is 0 Å². The lowest BCUT2D eigenvalue weighted by atomic mass is 10.0. The van der Waals surface area contributed by atoms with Crippen LogP contribution in [0.3, 0.4) is 0 Å². The standard InChI is InChI=1S/C10H13NO/c1-3-9-4-5-11-7-10(9)6-8(2)12/h4-5,7H,3,6H2,1-2H3. The summed E-state index contributed by atoms with van der Waals surface area (Å²) in [7, 11) is 0. The maximum absolute atomic E-state index is 10.9. The Morgan fingerprint density at radius 2 is 2.25 bits per heavy atom. The van der Waals surface area contributed by atoms with Crippen LogP contribution in [0.1, 0.15) is 25.0 Å². The van der Waals surface area contributed by atoms with Crippen LogP contribution >= 0.6 is 0 Å². The fourth-order valence-corrected chi connectivity index (χ4v) is 1.23. The number of nitrogens with zero attached hydrogens (tertiary/aromatic N) is 1. The minimum Gasteiger partial charge on any atom is -0.300 e. The molecule has 12 heavy (non-hydrogen) atoms. The van der Waals surface area contributed by atoms with E-state index in [9.17, 15) is 4.79 Å². The molecule has 0 bridgehead atoms. The normalized spacial score (nSPS) is 9.83. The number of carbonyl (C=O) groups excluding carboxylic acids is 1. The highest BCUT2D eigenvalue weighted by Gasteiger charge is 2.02. The molecule has 0 aliphatic heterocycles. The van der Waals surface area contributed by atoms with Crippen LogP contribution in [0.2, 0.25) is 0 Å². The highest BCUT2D eigenvalue weighted by molar-refractivity contribution is 5.78. The number of aromatic nitrogens is 1. The van der Waals surface area contributed by atoms with E-state index in [1.165, 1.54) is 5.56 Å².